The van der Waals surface area contributed by atoms with Crippen molar-refractivity contribution in [2.24, 2.45) is 0 Å². The maximum Gasteiger partial charge on any atom is 0.231 e. The number of rotatable bonds is 6. The highest BCUT2D eigenvalue weighted by Crippen LogP contribution is 2.18. The van der Waals surface area contributed by atoms with Crippen LogP contribution in [0.2, 0.25) is 0 Å². The van der Waals surface area contributed by atoms with Crippen LogP contribution in [-0.2, 0) is 0 Å². The van der Waals surface area contributed by atoms with E-state index in [0.29, 0.717) is 17.8 Å². The van der Waals surface area contributed by atoms with E-state index < -0.39 is 0 Å². The molecule has 2 N–H and O–H groups in total. The van der Waals surface area contributed by atoms with Crippen LogP contribution in [0.5, 0.6) is 0 Å². The minimum atomic E-state index is 0.123. The molecule has 2 aromatic rings. The van der Waals surface area contributed by atoms with E-state index in [2.05, 4.69) is 44.6 Å². The van der Waals surface area contributed by atoms with Gasteiger partial charge in [-0.15, -0.1) is 0 Å². The van der Waals surface area contributed by atoms with Gasteiger partial charge in [0.05, 0.1) is 6.04 Å². The minimum absolute atomic E-state index is 0.123. The highest BCUT2D eigenvalue weighted by atomic mass is 15.3. The fraction of sp³-hybridized carbons (Fsp3) is 0.400. The number of aromatic nitrogens is 3. The Morgan fingerprint density at radius 2 is 1.71 bits per heavy atom. The predicted molar refractivity (Wildman–Crippen MR) is 86.8 cm³/mol. The van der Waals surface area contributed by atoms with Crippen LogP contribution in [0.25, 0.3) is 0 Å². The molecular formula is C15H22N6. The van der Waals surface area contributed by atoms with Crippen molar-refractivity contribution in [2.45, 2.75) is 19.9 Å². The standard InChI is InChI=1S/C15H22N6/c1-5-16-13-18-14(20-15(19-13)21(3)4)17-11(2)12-9-7-6-8-10-12/h6-11H,5H2,1-4H3,(H2,16,17,18,19,20). The van der Waals surface area contributed by atoms with E-state index in [1.165, 1.54) is 5.56 Å². The van der Waals surface area contributed by atoms with Crippen LogP contribution >= 0.6 is 0 Å². The van der Waals surface area contributed by atoms with Crippen molar-refractivity contribution >= 4 is 17.8 Å². The molecule has 2 rings (SSSR count). The summed E-state index contributed by atoms with van der Waals surface area (Å²) in [6.07, 6.45) is 0. The summed E-state index contributed by atoms with van der Waals surface area (Å²) < 4.78 is 0. The summed E-state index contributed by atoms with van der Waals surface area (Å²) in [4.78, 5) is 15.1. The highest BCUT2D eigenvalue weighted by Gasteiger charge is 2.11. The Bertz CT molecular complexity index is 570. The second-order valence-electron chi connectivity index (χ2n) is 4.98. The smallest absolute Gasteiger partial charge is 0.231 e. The van der Waals surface area contributed by atoms with Gasteiger partial charge in [0.2, 0.25) is 17.8 Å². The molecule has 6 nitrogen and oxygen atoms in total. The van der Waals surface area contributed by atoms with Crippen molar-refractivity contribution in [2.75, 3.05) is 36.2 Å². The lowest BCUT2D eigenvalue weighted by atomic mass is 10.1. The lowest BCUT2D eigenvalue weighted by Gasteiger charge is -2.17. The third-order valence-corrected chi connectivity index (χ3v) is 3.00. The number of nitrogens with one attached hydrogen (secondary N) is 2. The Labute approximate surface area is 125 Å². The van der Waals surface area contributed by atoms with Gasteiger partial charge in [-0.1, -0.05) is 30.3 Å². The first-order chi connectivity index (χ1) is 10.1. The van der Waals surface area contributed by atoms with Crippen molar-refractivity contribution in [1.82, 2.24) is 15.0 Å². The van der Waals surface area contributed by atoms with Crippen molar-refractivity contribution in [3.05, 3.63) is 35.9 Å². The molecule has 1 heterocycles. The van der Waals surface area contributed by atoms with E-state index in [4.69, 9.17) is 0 Å². The molecule has 112 valence electrons. The summed E-state index contributed by atoms with van der Waals surface area (Å²) in [5.74, 6) is 1.78. The zero-order valence-corrected chi connectivity index (χ0v) is 13.0. The van der Waals surface area contributed by atoms with Crippen LogP contribution in [-0.4, -0.2) is 35.6 Å². The van der Waals surface area contributed by atoms with Crippen LogP contribution in [0.3, 0.4) is 0 Å². The zero-order chi connectivity index (χ0) is 15.2. The van der Waals surface area contributed by atoms with Crippen molar-refractivity contribution in [1.29, 1.82) is 0 Å². The molecule has 0 fully saturated rings. The van der Waals surface area contributed by atoms with Gasteiger partial charge in [0.25, 0.3) is 0 Å². The molecule has 1 unspecified atom stereocenters. The Morgan fingerprint density at radius 3 is 2.33 bits per heavy atom. The number of nitrogens with zero attached hydrogens (tertiary/aromatic N) is 4. The molecule has 0 aliphatic carbocycles. The minimum Gasteiger partial charge on any atom is -0.354 e. The number of hydrogen-bond acceptors (Lipinski definition) is 6. The maximum absolute atomic E-state index is 4.43. The Kier molecular flexibility index (Phi) is 4.92. The van der Waals surface area contributed by atoms with E-state index in [1.807, 2.05) is 44.1 Å². The van der Waals surface area contributed by atoms with Gasteiger partial charge in [-0.25, -0.2) is 0 Å². The van der Waals surface area contributed by atoms with Crippen molar-refractivity contribution < 1.29 is 0 Å². The molecule has 0 saturated carbocycles. The van der Waals surface area contributed by atoms with Crippen LogP contribution < -0.4 is 15.5 Å². The lowest BCUT2D eigenvalue weighted by Crippen LogP contribution is -2.18. The van der Waals surface area contributed by atoms with E-state index in [1.54, 1.807) is 0 Å². The molecule has 0 aliphatic heterocycles. The molecule has 0 radical (unpaired) electrons. The van der Waals surface area contributed by atoms with Crippen LogP contribution in [0.15, 0.2) is 30.3 Å². The lowest BCUT2D eigenvalue weighted by molar-refractivity contribution is 0.847. The predicted octanol–water partition coefficient (Wildman–Crippen LogP) is 2.54. The molecule has 0 amide bonds. The molecule has 1 atom stereocenters. The fourth-order valence-corrected chi connectivity index (χ4v) is 1.89. The fourth-order valence-electron chi connectivity index (χ4n) is 1.89. The van der Waals surface area contributed by atoms with Gasteiger partial charge in [-0.3, -0.25) is 0 Å². The van der Waals surface area contributed by atoms with Crippen molar-refractivity contribution in [3.63, 3.8) is 0 Å². The Morgan fingerprint density at radius 1 is 1.05 bits per heavy atom. The third kappa shape index (κ3) is 4.05. The number of benzene rings is 1. The topological polar surface area (TPSA) is 66.0 Å². The third-order valence-electron chi connectivity index (χ3n) is 3.00. The number of anilines is 3. The monoisotopic (exact) mass is 286 g/mol. The van der Waals surface area contributed by atoms with Crippen molar-refractivity contribution in [3.8, 4) is 0 Å². The maximum atomic E-state index is 4.43. The molecule has 6 heteroatoms. The quantitative estimate of drug-likeness (QED) is 0.850. The summed E-state index contributed by atoms with van der Waals surface area (Å²) >= 11 is 0. The van der Waals surface area contributed by atoms with Gasteiger partial charge in [0, 0.05) is 20.6 Å². The Hall–Kier alpha value is -2.37. The largest absolute Gasteiger partial charge is 0.354 e. The normalized spacial score (nSPS) is 11.8. The van der Waals surface area contributed by atoms with E-state index in [9.17, 15) is 0 Å². The first-order valence-corrected chi connectivity index (χ1v) is 7.09. The molecule has 0 bridgehead atoms. The average Bonchev–Trinajstić information content (AvgIpc) is 2.48. The summed E-state index contributed by atoms with van der Waals surface area (Å²) in [5.41, 5.74) is 1.19. The van der Waals surface area contributed by atoms with Crippen LogP contribution in [0.1, 0.15) is 25.5 Å². The molecule has 1 aromatic carbocycles. The van der Waals surface area contributed by atoms with Gasteiger partial charge in [0.1, 0.15) is 0 Å². The van der Waals surface area contributed by atoms with Gasteiger partial charge >= 0.3 is 0 Å². The molecule has 1 aromatic heterocycles. The summed E-state index contributed by atoms with van der Waals surface area (Å²) in [6, 6.07) is 10.3. The first-order valence-electron chi connectivity index (χ1n) is 7.09. The van der Waals surface area contributed by atoms with E-state index >= 15 is 0 Å². The Balaban J connectivity index is 2.22. The summed E-state index contributed by atoms with van der Waals surface area (Å²) in [7, 11) is 3.82. The first kappa shape index (κ1) is 15.0. The van der Waals surface area contributed by atoms with E-state index in [0.717, 1.165) is 6.54 Å². The molecule has 0 aliphatic rings. The van der Waals surface area contributed by atoms with Crippen LogP contribution in [0, 0.1) is 0 Å². The second-order valence-corrected chi connectivity index (χ2v) is 4.98. The SMILES string of the molecule is CCNc1nc(NC(C)c2ccccc2)nc(N(C)C)n1. The molecule has 0 spiro atoms. The summed E-state index contributed by atoms with van der Waals surface area (Å²) in [5, 5.41) is 6.45. The second kappa shape index (κ2) is 6.88. The van der Waals surface area contributed by atoms with Crippen LogP contribution in [0.4, 0.5) is 17.8 Å². The van der Waals surface area contributed by atoms with Gasteiger partial charge in [-0.2, -0.15) is 15.0 Å². The molecule has 0 saturated heterocycles. The average molecular weight is 286 g/mol. The zero-order valence-electron chi connectivity index (χ0n) is 13.0. The number of hydrogen-bond donors (Lipinski definition) is 2. The molecule has 21 heavy (non-hydrogen) atoms. The highest BCUT2D eigenvalue weighted by molar-refractivity contribution is 5.44. The van der Waals surface area contributed by atoms with E-state index in [-0.39, 0.29) is 6.04 Å². The molecular weight excluding hydrogens is 264 g/mol. The van der Waals surface area contributed by atoms with Gasteiger partial charge < -0.3 is 15.5 Å². The van der Waals surface area contributed by atoms with Gasteiger partial charge in [-0.05, 0) is 19.4 Å². The summed E-state index contributed by atoms with van der Waals surface area (Å²) in [6.45, 7) is 4.87. The van der Waals surface area contributed by atoms with Gasteiger partial charge in [0.15, 0.2) is 0 Å².